The van der Waals surface area contributed by atoms with Crippen molar-refractivity contribution in [2.45, 2.75) is 127 Å². The number of thioether (sulfide) groups is 2. The molecule has 0 radical (unpaired) electrons. The molecule has 2 heterocycles. The predicted octanol–water partition coefficient (Wildman–Crippen LogP) is 14.7. The van der Waals surface area contributed by atoms with Crippen LogP contribution >= 0.6 is 23.5 Å². The Morgan fingerprint density at radius 3 is 1.25 bits per heavy atom. The summed E-state index contributed by atoms with van der Waals surface area (Å²) in [5.74, 6) is -6.91. The number of alkyl halides is 6. The average Bonchev–Trinajstić information content (AvgIpc) is 1.51. The van der Waals surface area contributed by atoms with Crippen molar-refractivity contribution in [1.29, 1.82) is 0 Å². The van der Waals surface area contributed by atoms with Gasteiger partial charge in [-0.2, -0.15) is 36.3 Å². The highest BCUT2D eigenvalue weighted by atomic mass is 32.2. The van der Waals surface area contributed by atoms with Gasteiger partial charge in [0.1, 0.15) is 24.6 Å². The number of likely N-dealkylation sites (N-methyl/N-ethyl adjacent to an activating group) is 2. The van der Waals surface area contributed by atoms with Crippen LogP contribution in [0.4, 0.5) is 35.1 Å². The smallest absolute Gasteiger partial charge is 0.336 e. The van der Waals surface area contributed by atoms with Crippen molar-refractivity contribution in [3.05, 3.63) is 234 Å². The zero-order valence-electron chi connectivity index (χ0n) is 72.8. The number of amides is 2. The maximum atomic E-state index is 14.8. The Morgan fingerprint density at radius 2 is 0.874 bits per heavy atom. The summed E-state index contributed by atoms with van der Waals surface area (Å²) >= 11 is 0.412. The molecule has 2 aliphatic rings. The van der Waals surface area contributed by atoms with E-state index in [1.165, 1.54) is 60.7 Å². The number of hydrogen-bond acceptors (Lipinski definition) is 10. The lowest BCUT2D eigenvalue weighted by Crippen LogP contribution is -2.40. The minimum absolute atomic E-state index is 0.00350. The Hall–Kier alpha value is -7.92. The van der Waals surface area contributed by atoms with Gasteiger partial charge in [0.05, 0.1) is 16.6 Å². The number of aromatic nitrogens is 4. The number of rotatable bonds is 26. The van der Waals surface area contributed by atoms with Crippen LogP contribution in [0, 0.1) is 17.5 Å². The third kappa shape index (κ3) is 19.2. The van der Waals surface area contributed by atoms with Crippen LogP contribution in [0.1, 0.15) is 126 Å². The predicted molar refractivity (Wildman–Crippen MR) is 358 cm³/mol. The van der Waals surface area contributed by atoms with Gasteiger partial charge in [-0.3, -0.25) is 19.2 Å². The monoisotopic (exact) mass is 1370 g/mol. The van der Waals surface area contributed by atoms with Crippen LogP contribution in [-0.4, -0.2) is 103 Å². The molecule has 2 aromatic heterocycles. The van der Waals surface area contributed by atoms with Gasteiger partial charge < -0.3 is 28.7 Å². The number of benzene rings is 6. The number of fused-ring (bicyclic) bond motifs is 2. The van der Waals surface area contributed by atoms with Crippen LogP contribution in [0.2, 0.25) is 0 Å². The van der Waals surface area contributed by atoms with E-state index >= 15 is 0 Å². The van der Waals surface area contributed by atoms with Crippen molar-refractivity contribution in [3.8, 4) is 22.3 Å². The molecule has 0 saturated carbocycles. The fourth-order valence-electron chi connectivity index (χ4n) is 9.95. The summed E-state index contributed by atoms with van der Waals surface area (Å²) in [7, 11) is 0. The van der Waals surface area contributed by atoms with E-state index in [1.807, 2.05) is 0 Å². The summed E-state index contributed by atoms with van der Waals surface area (Å²) in [6.07, 6.45) is -14.6. The molecule has 0 N–H and O–H groups in total. The summed E-state index contributed by atoms with van der Waals surface area (Å²) in [6, 6.07) is 29.6. The van der Waals surface area contributed by atoms with Gasteiger partial charge in [0.15, 0.2) is 10.3 Å². The first-order chi connectivity index (χ1) is 53.0. The molecular formula is C73H78F8N8O4S2. The van der Waals surface area contributed by atoms with Gasteiger partial charge in [-0.25, -0.2) is 8.78 Å². The molecule has 6 aromatic carbocycles. The maximum Gasteiger partial charge on any atom is 0.416 e. The SMILES string of the molecule is [2H]C([2H])(Sc1nc(=O)c2c(n1C([2H])([2H])C(=O)N(CCN(C([2H])([2H])C)C([2H])([2H])C)Cc1ccc(-c3ccc(C(F)(F)F)cc3)cc1)C([2H])([2H])C([2H])(C)C2([2H])[2H])c1ccc(F)cc1.[2H]C([2H])(Sc1nc(=O)c2c(n1C([2H])([2H])C(=O)N(CCN(C([2H])([2H])C)C([2H])([2H])C)Cc1ccc(-c3ccc(C(F)(F)F)cc3)cc1)CCC2)c1ccc(F)cc1. The van der Waals surface area contributed by atoms with Gasteiger partial charge in [-0.1, -0.05) is 155 Å². The molecule has 22 heteroatoms. The summed E-state index contributed by atoms with van der Waals surface area (Å²) in [6.45, 7) is -13.2. The lowest BCUT2D eigenvalue weighted by molar-refractivity contribution is -0.138. The maximum absolute atomic E-state index is 14.8. The van der Waals surface area contributed by atoms with Crippen LogP contribution in [0.5, 0.6) is 0 Å². The highest BCUT2D eigenvalue weighted by molar-refractivity contribution is 7.98. The normalized spacial score (nSPS) is 19.9. The third-order valence-electron chi connectivity index (χ3n) is 15.0. The van der Waals surface area contributed by atoms with Crippen molar-refractivity contribution in [2.24, 2.45) is 5.89 Å². The van der Waals surface area contributed by atoms with Crippen LogP contribution in [0.3, 0.4) is 0 Å². The number of carbonyl (C=O) groups excluding carboxylic acids is 2. The van der Waals surface area contributed by atoms with Crippen molar-refractivity contribution >= 4 is 35.3 Å². The highest BCUT2D eigenvalue weighted by Gasteiger charge is 2.33. The van der Waals surface area contributed by atoms with E-state index in [4.69, 9.17) is 23.3 Å². The zero-order valence-corrected chi connectivity index (χ0v) is 53.4. The summed E-state index contributed by atoms with van der Waals surface area (Å²) < 4.78 is 290. The molecule has 0 fully saturated rings. The zero-order chi connectivity index (χ0) is 86.8. The number of nitrogens with zero attached hydrogens (tertiary/aromatic N) is 8. The second-order valence-corrected chi connectivity index (χ2v) is 22.8. The molecule has 2 amide bonds. The fraction of sp³-hybridized carbons (Fsp3) is 0.370. The molecule has 1 atom stereocenters. The van der Waals surface area contributed by atoms with E-state index in [0.29, 0.717) is 46.0 Å². The van der Waals surface area contributed by atoms with E-state index in [0.717, 1.165) is 119 Å². The topological polar surface area (TPSA) is 117 Å². The molecule has 2 aliphatic carbocycles. The second kappa shape index (κ2) is 32.7. The Morgan fingerprint density at radius 1 is 0.516 bits per heavy atom. The molecule has 8 aromatic rings. The molecule has 0 aliphatic heterocycles. The fourth-order valence-corrected chi connectivity index (χ4v) is 11.4. The van der Waals surface area contributed by atoms with E-state index in [1.54, 1.807) is 24.3 Å². The van der Waals surface area contributed by atoms with Crippen LogP contribution in [0.15, 0.2) is 165 Å². The summed E-state index contributed by atoms with van der Waals surface area (Å²) in [4.78, 5) is 67.5. The van der Waals surface area contributed by atoms with Crippen molar-refractivity contribution in [3.63, 3.8) is 0 Å². The van der Waals surface area contributed by atoms with E-state index in [-0.39, 0.29) is 76.8 Å². The number of hydrogen-bond donors (Lipinski definition) is 0. The quantitative estimate of drug-likeness (QED) is 0.0295. The van der Waals surface area contributed by atoms with Crippen molar-refractivity contribution < 1.29 is 73.5 Å². The minimum atomic E-state index is -4.57. The molecule has 0 bridgehead atoms. The lowest BCUT2D eigenvalue weighted by atomic mass is 10.0. The molecule has 0 saturated heterocycles. The largest absolute Gasteiger partial charge is 0.416 e. The third-order valence-corrected chi connectivity index (χ3v) is 16.6. The van der Waals surface area contributed by atoms with Crippen LogP contribution in [0.25, 0.3) is 22.3 Å². The Bertz CT molecular complexity index is 5000. The molecular weight excluding hydrogens is 1270 g/mol. The number of carbonyl (C=O) groups is 2. The standard InChI is InChI=1S/C37H40F4N4O2S.C36H38F4N4O2S/c1-4-43(5-2)18-19-44(22-26-6-10-28(11-7-26)29-12-14-30(15-13-29)37(39,40)41)34(46)23-45-33-21-25(3)20-32(33)35(47)42-36(45)48-24-27-8-16-31(38)17-9-27;1-3-42(4-2)20-21-43(22-25-8-12-27(13-9-25)28-14-16-29(17-15-28)36(38,39)40)33(45)23-44-32-7-5-6-31(32)34(46)41-35(44)47-24-26-10-18-30(37)19-11-26/h6-17,25H,4-5,18-24H2,1-3H3;8-19H,3-7,20-24H2,1-2H3/i4D2,5D2,20D2,21D2,23D2,24D2,25D;3D2,4D2,23D2,24D2. The molecule has 10 rings (SSSR count). The van der Waals surface area contributed by atoms with E-state index in [2.05, 4.69) is 9.97 Å². The molecule has 0 spiro atoms. The molecule has 502 valence electrons. The van der Waals surface area contributed by atoms with Crippen molar-refractivity contribution in [1.82, 2.24) is 38.7 Å². The first kappa shape index (κ1) is 47.9. The van der Waals surface area contributed by atoms with Gasteiger partial charge in [0.25, 0.3) is 11.1 Å². The lowest BCUT2D eigenvalue weighted by Gasteiger charge is -2.28. The Labute approximate surface area is 586 Å². The molecule has 12 nitrogen and oxygen atoms in total. The van der Waals surface area contributed by atoms with Gasteiger partial charge >= 0.3 is 12.4 Å². The average molecular weight is 1370 g/mol. The molecule has 1 unspecified atom stereocenters. The van der Waals surface area contributed by atoms with Crippen LogP contribution < -0.4 is 11.1 Å². The van der Waals surface area contributed by atoms with Gasteiger partial charge in [0, 0.05) is 96.5 Å². The minimum Gasteiger partial charge on any atom is -0.336 e. The van der Waals surface area contributed by atoms with E-state index in [9.17, 15) is 59.8 Å². The first-order valence-corrected chi connectivity index (χ1v) is 31.1. The van der Waals surface area contributed by atoms with Gasteiger partial charge in [0.2, 0.25) is 11.8 Å². The highest BCUT2D eigenvalue weighted by Crippen LogP contribution is 2.35. The second-order valence-electron chi connectivity index (χ2n) is 21.3. The summed E-state index contributed by atoms with van der Waals surface area (Å²) in [5.41, 5.74) is -8.35. The van der Waals surface area contributed by atoms with E-state index < -0.39 is 168 Å². The number of halogens is 8. The summed E-state index contributed by atoms with van der Waals surface area (Å²) in [5, 5.41) is -1.39. The van der Waals surface area contributed by atoms with Crippen molar-refractivity contribution in [2.75, 3.05) is 52.2 Å². The Kier molecular flexibility index (Phi) is 16.5. The van der Waals surface area contributed by atoms with Gasteiger partial charge in [-0.15, -0.1) is 0 Å². The van der Waals surface area contributed by atoms with Gasteiger partial charge in [-0.05, 0) is 157 Å². The first-order valence-electron chi connectivity index (χ1n) is 40.0. The van der Waals surface area contributed by atoms with Crippen LogP contribution in [-0.2, 0) is 85.0 Å². The molecule has 95 heavy (non-hydrogen) atoms. The Balaban J connectivity index is 0.000000266.